The Balaban J connectivity index is 1.94. The molecule has 3 N–H and O–H groups in total. The van der Waals surface area contributed by atoms with Crippen LogP contribution in [-0.4, -0.2) is 40.1 Å². The fourth-order valence-electron chi connectivity index (χ4n) is 2.91. The number of fused-ring (bicyclic) bond motifs is 1. The zero-order valence-electron chi connectivity index (χ0n) is 11.0. The molecule has 0 radical (unpaired) electrons. The second-order valence-electron chi connectivity index (χ2n) is 5.28. The van der Waals surface area contributed by atoms with E-state index in [1.807, 2.05) is 23.1 Å². The van der Waals surface area contributed by atoms with Crippen LogP contribution in [0.3, 0.4) is 0 Å². The van der Waals surface area contributed by atoms with Gasteiger partial charge in [0, 0.05) is 18.0 Å². The lowest BCUT2D eigenvalue weighted by atomic mass is 10.1. The van der Waals surface area contributed by atoms with E-state index in [4.69, 9.17) is 5.73 Å². The van der Waals surface area contributed by atoms with Gasteiger partial charge in [0.1, 0.15) is 0 Å². The van der Waals surface area contributed by atoms with Crippen LogP contribution in [0, 0.1) is 5.92 Å². The standard InChI is InChI=1S/C14H18N4O/c1-9-5-10(6-15)8-18(9)14(19)11-3-2-4-13-12(11)7-16-17-13/h2-4,7,9-10H,5-6,8,15H2,1H3,(H,16,17)/t9-,10+/m0/s1. The van der Waals surface area contributed by atoms with Crippen LogP contribution in [0.5, 0.6) is 0 Å². The SMILES string of the molecule is C[C@H]1C[C@H](CN)CN1C(=O)c1cccc2[nH]ncc12. The summed E-state index contributed by atoms with van der Waals surface area (Å²) in [6.07, 6.45) is 2.70. The lowest BCUT2D eigenvalue weighted by molar-refractivity contribution is 0.0745. The van der Waals surface area contributed by atoms with Gasteiger partial charge in [0.25, 0.3) is 5.91 Å². The third kappa shape index (κ3) is 2.00. The monoisotopic (exact) mass is 258 g/mol. The lowest BCUT2D eigenvalue weighted by Gasteiger charge is -2.21. The molecule has 1 saturated heterocycles. The van der Waals surface area contributed by atoms with Crippen LogP contribution in [0.1, 0.15) is 23.7 Å². The van der Waals surface area contributed by atoms with Crippen molar-refractivity contribution in [2.45, 2.75) is 19.4 Å². The van der Waals surface area contributed by atoms with Gasteiger partial charge in [-0.2, -0.15) is 5.10 Å². The molecule has 0 aliphatic carbocycles. The fraction of sp³-hybridized carbons (Fsp3) is 0.429. The largest absolute Gasteiger partial charge is 0.336 e. The first-order valence-corrected chi connectivity index (χ1v) is 6.64. The molecule has 1 aromatic carbocycles. The number of amides is 1. The fourth-order valence-corrected chi connectivity index (χ4v) is 2.91. The molecule has 2 aromatic rings. The van der Waals surface area contributed by atoms with Crippen molar-refractivity contribution in [1.29, 1.82) is 0 Å². The van der Waals surface area contributed by atoms with Gasteiger partial charge in [0.15, 0.2) is 0 Å². The van der Waals surface area contributed by atoms with Crippen LogP contribution < -0.4 is 5.73 Å². The molecule has 2 heterocycles. The van der Waals surface area contributed by atoms with E-state index in [0.717, 1.165) is 29.4 Å². The van der Waals surface area contributed by atoms with E-state index in [2.05, 4.69) is 17.1 Å². The van der Waals surface area contributed by atoms with E-state index in [9.17, 15) is 4.79 Å². The number of hydrogen-bond acceptors (Lipinski definition) is 3. The highest BCUT2D eigenvalue weighted by molar-refractivity contribution is 6.06. The summed E-state index contributed by atoms with van der Waals surface area (Å²) >= 11 is 0. The molecule has 1 aliphatic rings. The number of likely N-dealkylation sites (tertiary alicyclic amines) is 1. The zero-order chi connectivity index (χ0) is 13.4. The minimum Gasteiger partial charge on any atom is -0.336 e. The minimum atomic E-state index is 0.0791. The van der Waals surface area contributed by atoms with Gasteiger partial charge in [-0.25, -0.2) is 0 Å². The number of H-pyrrole nitrogens is 1. The molecule has 2 atom stereocenters. The maximum atomic E-state index is 12.7. The molecule has 5 heteroatoms. The van der Waals surface area contributed by atoms with E-state index in [0.29, 0.717) is 12.5 Å². The van der Waals surface area contributed by atoms with E-state index in [-0.39, 0.29) is 11.9 Å². The maximum Gasteiger partial charge on any atom is 0.254 e. The molecule has 3 rings (SSSR count). The molecule has 1 fully saturated rings. The lowest BCUT2D eigenvalue weighted by Crippen LogP contribution is -2.34. The number of nitrogens with one attached hydrogen (secondary N) is 1. The second kappa shape index (κ2) is 4.66. The summed E-state index contributed by atoms with van der Waals surface area (Å²) in [4.78, 5) is 14.6. The molecule has 1 aliphatic heterocycles. The quantitative estimate of drug-likeness (QED) is 0.854. The summed E-state index contributed by atoms with van der Waals surface area (Å²) in [6, 6.07) is 5.93. The average Bonchev–Trinajstić information content (AvgIpc) is 3.03. The number of nitrogens with two attached hydrogens (primary N) is 1. The van der Waals surface area contributed by atoms with Gasteiger partial charge < -0.3 is 10.6 Å². The van der Waals surface area contributed by atoms with Crippen molar-refractivity contribution in [3.63, 3.8) is 0 Å². The van der Waals surface area contributed by atoms with Crippen molar-refractivity contribution >= 4 is 16.8 Å². The zero-order valence-corrected chi connectivity index (χ0v) is 11.0. The van der Waals surface area contributed by atoms with Crippen LogP contribution >= 0.6 is 0 Å². The smallest absolute Gasteiger partial charge is 0.254 e. The van der Waals surface area contributed by atoms with Gasteiger partial charge >= 0.3 is 0 Å². The first kappa shape index (κ1) is 12.2. The number of rotatable bonds is 2. The number of carbonyl (C=O) groups is 1. The Hall–Kier alpha value is -1.88. The second-order valence-corrected chi connectivity index (χ2v) is 5.28. The van der Waals surface area contributed by atoms with E-state index < -0.39 is 0 Å². The van der Waals surface area contributed by atoms with Gasteiger partial charge in [-0.1, -0.05) is 6.07 Å². The van der Waals surface area contributed by atoms with Crippen molar-refractivity contribution in [2.24, 2.45) is 11.7 Å². The van der Waals surface area contributed by atoms with Crippen molar-refractivity contribution in [3.8, 4) is 0 Å². The van der Waals surface area contributed by atoms with Crippen LogP contribution in [0.25, 0.3) is 10.9 Å². The van der Waals surface area contributed by atoms with Crippen LogP contribution in [-0.2, 0) is 0 Å². The topological polar surface area (TPSA) is 75.0 Å². The van der Waals surface area contributed by atoms with Crippen molar-refractivity contribution in [1.82, 2.24) is 15.1 Å². The highest BCUT2D eigenvalue weighted by atomic mass is 16.2. The number of aromatic amines is 1. The molecule has 19 heavy (non-hydrogen) atoms. The molecule has 0 unspecified atom stereocenters. The molecular weight excluding hydrogens is 240 g/mol. The molecule has 0 spiro atoms. The first-order chi connectivity index (χ1) is 9.20. The third-order valence-electron chi connectivity index (χ3n) is 3.97. The van der Waals surface area contributed by atoms with Crippen LogP contribution in [0.2, 0.25) is 0 Å². The van der Waals surface area contributed by atoms with Crippen molar-refractivity contribution in [3.05, 3.63) is 30.0 Å². The third-order valence-corrected chi connectivity index (χ3v) is 3.97. The number of carbonyl (C=O) groups excluding carboxylic acids is 1. The maximum absolute atomic E-state index is 12.7. The molecule has 100 valence electrons. The van der Waals surface area contributed by atoms with Crippen LogP contribution in [0.15, 0.2) is 24.4 Å². The summed E-state index contributed by atoms with van der Waals surface area (Å²) in [7, 11) is 0. The van der Waals surface area contributed by atoms with Gasteiger partial charge in [0.2, 0.25) is 0 Å². The molecule has 0 saturated carbocycles. The summed E-state index contributed by atoms with van der Waals surface area (Å²) in [5.41, 5.74) is 7.33. The van der Waals surface area contributed by atoms with Crippen molar-refractivity contribution < 1.29 is 4.79 Å². The average molecular weight is 258 g/mol. The molecule has 1 amide bonds. The highest BCUT2D eigenvalue weighted by Gasteiger charge is 2.32. The Morgan fingerprint density at radius 2 is 2.42 bits per heavy atom. The van der Waals surface area contributed by atoms with E-state index in [1.54, 1.807) is 6.20 Å². The van der Waals surface area contributed by atoms with Gasteiger partial charge in [-0.15, -0.1) is 0 Å². The Labute approximate surface area is 111 Å². The summed E-state index contributed by atoms with van der Waals surface area (Å²) in [6.45, 7) is 3.48. The van der Waals surface area contributed by atoms with Crippen LogP contribution in [0.4, 0.5) is 0 Å². The van der Waals surface area contributed by atoms with Gasteiger partial charge in [-0.3, -0.25) is 9.89 Å². The number of aromatic nitrogens is 2. The summed E-state index contributed by atoms with van der Waals surface area (Å²) in [5, 5.41) is 7.79. The molecule has 5 nitrogen and oxygen atoms in total. The summed E-state index contributed by atoms with van der Waals surface area (Å²) in [5.74, 6) is 0.498. The normalized spacial score (nSPS) is 23.2. The Kier molecular flexibility index (Phi) is 2.98. The highest BCUT2D eigenvalue weighted by Crippen LogP contribution is 2.26. The van der Waals surface area contributed by atoms with Crippen molar-refractivity contribution in [2.75, 3.05) is 13.1 Å². The van der Waals surface area contributed by atoms with E-state index in [1.165, 1.54) is 0 Å². The molecular formula is C14H18N4O. The van der Waals surface area contributed by atoms with E-state index >= 15 is 0 Å². The first-order valence-electron chi connectivity index (χ1n) is 6.64. The Morgan fingerprint density at radius 1 is 1.58 bits per heavy atom. The Bertz CT molecular complexity index is 606. The molecule has 0 bridgehead atoms. The predicted molar refractivity (Wildman–Crippen MR) is 73.8 cm³/mol. The summed E-state index contributed by atoms with van der Waals surface area (Å²) < 4.78 is 0. The number of hydrogen-bond donors (Lipinski definition) is 2. The Morgan fingerprint density at radius 3 is 3.16 bits per heavy atom. The number of benzene rings is 1. The predicted octanol–water partition coefficient (Wildman–Crippen LogP) is 1.37. The van der Waals surface area contributed by atoms with Gasteiger partial charge in [-0.05, 0) is 37.9 Å². The minimum absolute atomic E-state index is 0.0791. The molecule has 1 aromatic heterocycles. The van der Waals surface area contributed by atoms with Gasteiger partial charge in [0.05, 0.1) is 17.3 Å². The number of nitrogens with zero attached hydrogens (tertiary/aromatic N) is 2.